The molecule has 0 radical (unpaired) electrons. The number of anilines is 3. The van der Waals surface area contributed by atoms with Crippen LogP contribution < -0.4 is 4.90 Å². The molecular formula is C40H25NS. The Hall–Kier alpha value is -5.18. The van der Waals surface area contributed by atoms with Crippen molar-refractivity contribution in [3.8, 4) is 0 Å². The molecule has 1 nitrogen and oxygen atoms in total. The van der Waals surface area contributed by atoms with Crippen LogP contribution in [0.15, 0.2) is 152 Å². The van der Waals surface area contributed by atoms with Crippen LogP contribution in [0.3, 0.4) is 0 Å². The third-order valence-corrected chi connectivity index (χ3v) is 9.69. The highest BCUT2D eigenvalue weighted by molar-refractivity contribution is 7.26. The zero-order valence-electron chi connectivity index (χ0n) is 22.8. The second kappa shape index (κ2) is 9.17. The van der Waals surface area contributed by atoms with Gasteiger partial charge < -0.3 is 4.90 Å². The molecule has 0 aliphatic heterocycles. The fourth-order valence-corrected chi connectivity index (χ4v) is 7.94. The van der Waals surface area contributed by atoms with E-state index < -0.39 is 0 Å². The SMILES string of the molecule is c1ccc(N(c2cc3ccccc3c3ccccc23)c2cc3sc4ccc5ccccc5c4c3c3ccccc23)cc1. The minimum Gasteiger partial charge on any atom is -0.309 e. The molecule has 0 aliphatic carbocycles. The first kappa shape index (κ1) is 23.5. The van der Waals surface area contributed by atoms with Crippen molar-refractivity contribution in [2.75, 3.05) is 4.90 Å². The van der Waals surface area contributed by atoms with Gasteiger partial charge in [-0.1, -0.05) is 121 Å². The first-order valence-electron chi connectivity index (χ1n) is 14.4. The van der Waals surface area contributed by atoms with Crippen LogP contribution in [0.25, 0.3) is 63.3 Å². The fraction of sp³-hybridized carbons (Fsp3) is 0. The predicted octanol–water partition coefficient (Wildman–Crippen LogP) is 12.1. The maximum absolute atomic E-state index is 2.47. The molecule has 1 aromatic heterocycles. The Morgan fingerprint density at radius 1 is 0.357 bits per heavy atom. The van der Waals surface area contributed by atoms with Gasteiger partial charge in [0.25, 0.3) is 0 Å². The van der Waals surface area contributed by atoms with Gasteiger partial charge in [0.05, 0.1) is 11.4 Å². The molecule has 0 atom stereocenters. The number of rotatable bonds is 3. The van der Waals surface area contributed by atoms with E-state index in [1.165, 1.54) is 74.6 Å². The topological polar surface area (TPSA) is 3.24 Å². The fourth-order valence-electron chi connectivity index (χ4n) is 6.77. The van der Waals surface area contributed by atoms with Gasteiger partial charge in [-0.05, 0) is 62.6 Å². The van der Waals surface area contributed by atoms with Crippen LogP contribution in [0.5, 0.6) is 0 Å². The molecule has 0 N–H and O–H groups in total. The zero-order valence-corrected chi connectivity index (χ0v) is 23.6. The lowest BCUT2D eigenvalue weighted by atomic mass is 9.96. The largest absolute Gasteiger partial charge is 0.309 e. The maximum Gasteiger partial charge on any atom is 0.0554 e. The Morgan fingerprint density at radius 2 is 0.905 bits per heavy atom. The molecule has 0 saturated heterocycles. The van der Waals surface area contributed by atoms with Gasteiger partial charge in [-0.25, -0.2) is 0 Å². The average Bonchev–Trinajstić information content (AvgIpc) is 3.45. The quantitative estimate of drug-likeness (QED) is 0.197. The van der Waals surface area contributed by atoms with Gasteiger partial charge in [-0.3, -0.25) is 0 Å². The van der Waals surface area contributed by atoms with E-state index >= 15 is 0 Å². The highest BCUT2D eigenvalue weighted by atomic mass is 32.1. The molecule has 9 aromatic rings. The van der Waals surface area contributed by atoms with Crippen LogP contribution in [-0.2, 0) is 0 Å². The number of hydrogen-bond donors (Lipinski definition) is 0. The predicted molar refractivity (Wildman–Crippen MR) is 184 cm³/mol. The average molecular weight is 552 g/mol. The summed E-state index contributed by atoms with van der Waals surface area (Å²) in [5.74, 6) is 0. The van der Waals surface area contributed by atoms with E-state index in [-0.39, 0.29) is 0 Å². The van der Waals surface area contributed by atoms with Crippen molar-refractivity contribution in [1.29, 1.82) is 0 Å². The molecule has 0 bridgehead atoms. The number of thiophene rings is 1. The second-order valence-corrected chi connectivity index (χ2v) is 12.0. The Balaban J connectivity index is 1.44. The van der Waals surface area contributed by atoms with Gasteiger partial charge in [0, 0.05) is 36.6 Å². The van der Waals surface area contributed by atoms with E-state index in [9.17, 15) is 0 Å². The van der Waals surface area contributed by atoms with Gasteiger partial charge in [0.2, 0.25) is 0 Å². The van der Waals surface area contributed by atoms with E-state index in [1.807, 2.05) is 11.3 Å². The van der Waals surface area contributed by atoms with E-state index in [1.54, 1.807) is 0 Å². The first-order chi connectivity index (χ1) is 20.8. The molecule has 1 heterocycles. The number of fused-ring (bicyclic) bond motifs is 10. The summed E-state index contributed by atoms with van der Waals surface area (Å²) < 4.78 is 2.63. The van der Waals surface area contributed by atoms with Crippen LogP contribution in [-0.4, -0.2) is 0 Å². The molecule has 8 aromatic carbocycles. The van der Waals surface area contributed by atoms with Crippen molar-refractivity contribution in [3.05, 3.63) is 152 Å². The Labute approximate surface area is 247 Å². The van der Waals surface area contributed by atoms with Crippen molar-refractivity contribution in [1.82, 2.24) is 0 Å². The van der Waals surface area contributed by atoms with Crippen LogP contribution in [0.2, 0.25) is 0 Å². The summed E-state index contributed by atoms with van der Waals surface area (Å²) in [4.78, 5) is 2.47. The van der Waals surface area contributed by atoms with Gasteiger partial charge in [-0.2, -0.15) is 0 Å². The normalized spacial score (nSPS) is 11.8. The summed E-state index contributed by atoms with van der Waals surface area (Å²) in [5, 5.41) is 12.9. The summed E-state index contributed by atoms with van der Waals surface area (Å²) >= 11 is 1.89. The van der Waals surface area contributed by atoms with E-state index in [4.69, 9.17) is 0 Å². The van der Waals surface area contributed by atoms with Crippen molar-refractivity contribution in [2.45, 2.75) is 0 Å². The molecule has 9 rings (SSSR count). The second-order valence-electron chi connectivity index (χ2n) is 10.9. The minimum atomic E-state index is 1.15. The summed E-state index contributed by atoms with van der Waals surface area (Å²) in [6, 6.07) is 55.4. The van der Waals surface area contributed by atoms with Crippen LogP contribution in [0, 0.1) is 0 Å². The van der Waals surface area contributed by atoms with Crippen LogP contribution >= 0.6 is 11.3 Å². The van der Waals surface area contributed by atoms with E-state index in [0.717, 1.165) is 5.69 Å². The summed E-state index contributed by atoms with van der Waals surface area (Å²) in [7, 11) is 0. The first-order valence-corrected chi connectivity index (χ1v) is 15.2. The standard InChI is InChI=1S/C40H25NS/c1-2-14-28(15-3-1)41(35-24-27-13-5-6-16-29(27)31-18-8-9-19-32(31)35)36-25-38-40(34-21-11-10-20-33(34)36)39-30-17-7-4-12-26(30)22-23-37(39)42-38/h1-25H. The van der Waals surface area contributed by atoms with Crippen LogP contribution in [0.1, 0.15) is 0 Å². The lowest BCUT2D eigenvalue weighted by molar-refractivity contribution is 1.32. The van der Waals surface area contributed by atoms with E-state index in [0.29, 0.717) is 0 Å². The lowest BCUT2D eigenvalue weighted by Gasteiger charge is -2.29. The molecule has 0 fully saturated rings. The number of hydrogen-bond acceptors (Lipinski definition) is 2. The molecule has 0 unspecified atom stereocenters. The highest BCUT2D eigenvalue weighted by Crippen LogP contribution is 2.49. The van der Waals surface area contributed by atoms with Crippen molar-refractivity contribution < 1.29 is 0 Å². The summed E-state index contributed by atoms with van der Waals surface area (Å²) in [6.45, 7) is 0. The van der Waals surface area contributed by atoms with Gasteiger partial charge in [-0.15, -0.1) is 11.3 Å². The molecule has 0 spiro atoms. The minimum absolute atomic E-state index is 1.15. The molecule has 196 valence electrons. The van der Waals surface area contributed by atoms with Gasteiger partial charge in [0.15, 0.2) is 0 Å². The molecular weight excluding hydrogens is 527 g/mol. The van der Waals surface area contributed by atoms with Gasteiger partial charge >= 0.3 is 0 Å². The number of benzene rings is 8. The lowest BCUT2D eigenvalue weighted by Crippen LogP contribution is -2.11. The van der Waals surface area contributed by atoms with Gasteiger partial charge in [0.1, 0.15) is 0 Å². The van der Waals surface area contributed by atoms with E-state index in [2.05, 4.69) is 157 Å². The van der Waals surface area contributed by atoms with Crippen molar-refractivity contribution >= 4 is 91.7 Å². The third kappa shape index (κ3) is 3.43. The zero-order chi connectivity index (χ0) is 27.6. The third-order valence-electron chi connectivity index (χ3n) is 8.59. The molecule has 0 amide bonds. The highest BCUT2D eigenvalue weighted by Gasteiger charge is 2.22. The Bertz CT molecular complexity index is 2470. The molecule has 42 heavy (non-hydrogen) atoms. The van der Waals surface area contributed by atoms with Crippen molar-refractivity contribution in [2.24, 2.45) is 0 Å². The van der Waals surface area contributed by atoms with Crippen molar-refractivity contribution in [3.63, 3.8) is 0 Å². The number of para-hydroxylation sites is 1. The number of nitrogens with zero attached hydrogens (tertiary/aromatic N) is 1. The Kier molecular flexibility index (Phi) is 5.13. The monoisotopic (exact) mass is 551 g/mol. The summed E-state index contributed by atoms with van der Waals surface area (Å²) in [6.07, 6.45) is 0. The summed E-state index contributed by atoms with van der Waals surface area (Å²) in [5.41, 5.74) is 3.53. The van der Waals surface area contributed by atoms with Crippen LogP contribution in [0.4, 0.5) is 17.1 Å². The Morgan fingerprint density at radius 3 is 1.69 bits per heavy atom. The molecule has 0 saturated carbocycles. The molecule has 2 heteroatoms. The smallest absolute Gasteiger partial charge is 0.0554 e. The molecule has 0 aliphatic rings. The maximum atomic E-state index is 2.47.